The molecule has 0 aliphatic carbocycles. The quantitative estimate of drug-likeness (QED) is 0.759. The molecule has 150 valence electrons. The molecule has 0 saturated carbocycles. The van der Waals surface area contributed by atoms with Crippen LogP contribution >= 0.6 is 0 Å². The van der Waals surface area contributed by atoms with Crippen molar-refractivity contribution in [3.8, 4) is 11.5 Å². The Balaban J connectivity index is 1.53. The van der Waals surface area contributed by atoms with Gasteiger partial charge in [0.15, 0.2) is 0 Å². The fraction of sp³-hybridized carbons (Fsp3) is 0.333. The van der Waals surface area contributed by atoms with Crippen molar-refractivity contribution in [3.63, 3.8) is 0 Å². The summed E-state index contributed by atoms with van der Waals surface area (Å²) >= 11 is 0. The number of nitrogens with zero attached hydrogens (tertiary/aromatic N) is 1. The zero-order chi connectivity index (χ0) is 19.9. The normalized spacial score (nSPS) is 20.5. The molecular formula is C18H21N3O5S2. The Morgan fingerprint density at radius 1 is 1.18 bits per heavy atom. The summed E-state index contributed by atoms with van der Waals surface area (Å²) in [5.41, 5.74) is 1.49. The molecule has 0 spiro atoms. The van der Waals surface area contributed by atoms with Crippen molar-refractivity contribution < 1.29 is 21.6 Å². The van der Waals surface area contributed by atoms with E-state index in [9.17, 15) is 16.8 Å². The van der Waals surface area contributed by atoms with Crippen LogP contribution in [0.25, 0.3) is 0 Å². The summed E-state index contributed by atoms with van der Waals surface area (Å²) in [5.74, 6) is 0.951. The van der Waals surface area contributed by atoms with Gasteiger partial charge in [0.1, 0.15) is 16.4 Å². The van der Waals surface area contributed by atoms with Crippen LogP contribution in [0.15, 0.2) is 47.4 Å². The Morgan fingerprint density at radius 3 is 2.61 bits per heavy atom. The van der Waals surface area contributed by atoms with E-state index >= 15 is 0 Å². The molecule has 0 bridgehead atoms. The molecule has 2 aromatic rings. The van der Waals surface area contributed by atoms with Crippen LogP contribution in [0, 0.1) is 0 Å². The smallest absolute Gasteiger partial charge is 0.244 e. The maximum atomic E-state index is 12.6. The first-order valence-corrected chi connectivity index (χ1v) is 12.2. The third-order valence-corrected chi connectivity index (χ3v) is 6.93. The predicted molar refractivity (Wildman–Crippen MR) is 105 cm³/mol. The molecule has 2 aliphatic rings. The van der Waals surface area contributed by atoms with E-state index in [1.165, 1.54) is 6.07 Å². The van der Waals surface area contributed by atoms with Crippen LogP contribution in [-0.2, 0) is 26.6 Å². The van der Waals surface area contributed by atoms with Crippen molar-refractivity contribution >= 4 is 25.7 Å². The van der Waals surface area contributed by atoms with Gasteiger partial charge in [0, 0.05) is 19.2 Å². The molecule has 0 aromatic heterocycles. The largest absolute Gasteiger partial charge is 0.457 e. The maximum absolute atomic E-state index is 12.6. The third-order valence-electron chi connectivity index (χ3n) is 4.77. The van der Waals surface area contributed by atoms with Crippen molar-refractivity contribution in [1.29, 1.82) is 0 Å². The molecule has 4 rings (SSSR count). The third kappa shape index (κ3) is 4.00. The van der Waals surface area contributed by atoms with Gasteiger partial charge in [-0.05, 0) is 42.7 Å². The Hall–Kier alpha value is -2.14. The average Bonchev–Trinajstić information content (AvgIpc) is 3.08. The summed E-state index contributed by atoms with van der Waals surface area (Å²) in [6, 6.07) is 12.0. The summed E-state index contributed by atoms with van der Waals surface area (Å²) in [5, 5.41) is 0. The summed E-state index contributed by atoms with van der Waals surface area (Å²) in [6.07, 6.45) is 2.69. The summed E-state index contributed by atoms with van der Waals surface area (Å²) < 4.78 is 58.4. The zero-order valence-corrected chi connectivity index (χ0v) is 16.9. The Bertz CT molecular complexity index is 1100. The number of nitrogens with one attached hydrogen (secondary N) is 2. The van der Waals surface area contributed by atoms with E-state index in [4.69, 9.17) is 4.74 Å². The van der Waals surface area contributed by atoms with Crippen LogP contribution in [0.2, 0.25) is 0 Å². The molecule has 2 aliphatic heterocycles. The number of benzene rings is 2. The number of sulfonamides is 2. The van der Waals surface area contributed by atoms with Crippen LogP contribution < -0.4 is 19.1 Å². The predicted octanol–water partition coefficient (Wildman–Crippen LogP) is 1.75. The second kappa shape index (κ2) is 7.03. The summed E-state index contributed by atoms with van der Waals surface area (Å²) in [7, 11) is -6.83. The summed E-state index contributed by atoms with van der Waals surface area (Å²) in [4.78, 5) is 2.29. The van der Waals surface area contributed by atoms with Crippen molar-refractivity contribution in [2.45, 2.75) is 30.4 Å². The summed E-state index contributed by atoms with van der Waals surface area (Å²) in [6.45, 7) is 1.02. The molecule has 1 saturated heterocycles. The molecular weight excluding hydrogens is 402 g/mol. The lowest BCUT2D eigenvalue weighted by atomic mass is 10.2. The maximum Gasteiger partial charge on any atom is 0.244 e. The van der Waals surface area contributed by atoms with Gasteiger partial charge in [0.25, 0.3) is 0 Å². The van der Waals surface area contributed by atoms with Crippen molar-refractivity contribution in [3.05, 3.63) is 48.0 Å². The molecule has 28 heavy (non-hydrogen) atoms. The highest BCUT2D eigenvalue weighted by atomic mass is 32.2. The topological polar surface area (TPSA) is 105 Å². The van der Waals surface area contributed by atoms with Gasteiger partial charge in [-0.2, -0.15) is 4.72 Å². The molecule has 1 fully saturated rings. The van der Waals surface area contributed by atoms with Crippen molar-refractivity contribution in [2.24, 2.45) is 0 Å². The van der Waals surface area contributed by atoms with E-state index in [0.717, 1.165) is 31.2 Å². The van der Waals surface area contributed by atoms with Gasteiger partial charge in [-0.3, -0.25) is 0 Å². The monoisotopic (exact) mass is 423 g/mol. The van der Waals surface area contributed by atoms with Gasteiger partial charge >= 0.3 is 0 Å². The molecule has 0 amide bonds. The lowest BCUT2D eigenvalue weighted by Crippen LogP contribution is -2.48. The molecule has 1 atom stereocenters. The molecule has 2 N–H and O–H groups in total. The zero-order valence-electron chi connectivity index (χ0n) is 15.3. The van der Waals surface area contributed by atoms with Crippen LogP contribution in [-0.4, -0.2) is 35.8 Å². The van der Waals surface area contributed by atoms with Crippen molar-refractivity contribution in [2.75, 3.05) is 17.7 Å². The fourth-order valence-electron chi connectivity index (χ4n) is 3.46. The van der Waals surface area contributed by atoms with E-state index in [2.05, 4.69) is 14.3 Å². The van der Waals surface area contributed by atoms with Gasteiger partial charge in [-0.15, -0.1) is 0 Å². The van der Waals surface area contributed by atoms with E-state index in [1.54, 1.807) is 36.4 Å². The Labute approximate surface area is 164 Å². The number of hydrogen-bond donors (Lipinski definition) is 2. The van der Waals surface area contributed by atoms with Gasteiger partial charge in [0.05, 0.1) is 18.1 Å². The van der Waals surface area contributed by atoms with Gasteiger partial charge in [0.2, 0.25) is 20.0 Å². The molecule has 2 heterocycles. The SMILES string of the molecule is CS(=O)(=O)NCc1ccc(Oc2ccc3c(c2)S(=O)(=O)NC2CCCN32)cc1. The van der Waals surface area contributed by atoms with Gasteiger partial charge in [-0.1, -0.05) is 12.1 Å². The highest BCUT2D eigenvalue weighted by molar-refractivity contribution is 7.89. The highest BCUT2D eigenvalue weighted by Gasteiger charge is 2.37. The average molecular weight is 424 g/mol. The van der Waals surface area contributed by atoms with E-state index in [0.29, 0.717) is 17.2 Å². The minimum atomic E-state index is -3.58. The molecule has 2 aromatic carbocycles. The minimum absolute atomic E-state index is 0.169. The second-order valence-electron chi connectivity index (χ2n) is 6.94. The standard InChI is InChI=1S/C18H21N3O5S2/c1-27(22,23)19-12-13-4-6-14(7-5-13)26-15-8-9-16-17(11-15)28(24,25)20-18-3-2-10-21(16)18/h4-9,11,18-20H,2-3,10,12H2,1H3. The fourth-order valence-corrected chi connectivity index (χ4v) is 5.35. The first kappa shape index (κ1) is 19.2. The van der Waals surface area contributed by atoms with Crippen molar-refractivity contribution in [1.82, 2.24) is 9.44 Å². The highest BCUT2D eigenvalue weighted by Crippen LogP contribution is 2.38. The Kier molecular flexibility index (Phi) is 4.82. The number of rotatable bonds is 5. The number of ether oxygens (including phenoxy) is 1. The number of anilines is 1. The molecule has 1 unspecified atom stereocenters. The van der Waals surface area contributed by atoms with E-state index < -0.39 is 20.0 Å². The van der Waals surface area contributed by atoms with E-state index in [1.807, 2.05) is 0 Å². The van der Waals surface area contributed by atoms with Crippen LogP contribution in [0.3, 0.4) is 0 Å². The van der Waals surface area contributed by atoms with Gasteiger partial charge in [-0.25, -0.2) is 21.6 Å². The lowest BCUT2D eigenvalue weighted by molar-refractivity contribution is 0.478. The van der Waals surface area contributed by atoms with E-state index in [-0.39, 0.29) is 17.6 Å². The number of hydrogen-bond acceptors (Lipinski definition) is 6. The molecule has 0 radical (unpaired) electrons. The molecule has 10 heteroatoms. The van der Waals surface area contributed by atoms with Crippen LogP contribution in [0.5, 0.6) is 11.5 Å². The van der Waals surface area contributed by atoms with Gasteiger partial charge < -0.3 is 9.64 Å². The lowest BCUT2D eigenvalue weighted by Gasteiger charge is -2.33. The number of fused-ring (bicyclic) bond motifs is 3. The first-order valence-electron chi connectivity index (χ1n) is 8.86. The second-order valence-corrected chi connectivity index (χ2v) is 10.5. The molecule has 8 nitrogen and oxygen atoms in total. The minimum Gasteiger partial charge on any atom is -0.457 e. The van der Waals surface area contributed by atoms with Crippen LogP contribution in [0.4, 0.5) is 5.69 Å². The van der Waals surface area contributed by atoms with Crippen LogP contribution in [0.1, 0.15) is 18.4 Å². The Morgan fingerprint density at radius 2 is 1.89 bits per heavy atom. The first-order chi connectivity index (χ1) is 13.2.